The number of hydrogen-bond donors (Lipinski definition) is 1. The molecule has 0 aromatic heterocycles. The van der Waals surface area contributed by atoms with E-state index in [9.17, 15) is 9.90 Å². The molecule has 0 saturated heterocycles. The second kappa shape index (κ2) is 4.73. The van der Waals surface area contributed by atoms with Crippen molar-refractivity contribution in [2.75, 3.05) is 5.75 Å². The van der Waals surface area contributed by atoms with Gasteiger partial charge in [-0.05, 0) is 50.0 Å². The fraction of sp³-hybridized carbons (Fsp3) is 0.500. The zero-order valence-electron chi connectivity index (χ0n) is 10.3. The van der Waals surface area contributed by atoms with Crippen molar-refractivity contribution in [1.29, 1.82) is 0 Å². The number of rotatable bonds is 3. The van der Waals surface area contributed by atoms with Crippen LogP contribution in [0.2, 0.25) is 0 Å². The zero-order chi connectivity index (χ0) is 12.5. The Morgan fingerprint density at radius 2 is 2.24 bits per heavy atom. The maximum atomic E-state index is 11.2. The van der Waals surface area contributed by atoms with Gasteiger partial charge in [0.2, 0.25) is 0 Å². The molecule has 0 saturated carbocycles. The lowest BCUT2D eigenvalue weighted by atomic mass is 9.85. The summed E-state index contributed by atoms with van der Waals surface area (Å²) in [7, 11) is 0. The highest BCUT2D eigenvalue weighted by Crippen LogP contribution is 2.36. The Balaban J connectivity index is 2.30. The van der Waals surface area contributed by atoms with Crippen LogP contribution in [0.5, 0.6) is 0 Å². The van der Waals surface area contributed by atoms with Gasteiger partial charge in [-0.3, -0.25) is 4.79 Å². The van der Waals surface area contributed by atoms with Gasteiger partial charge < -0.3 is 5.11 Å². The van der Waals surface area contributed by atoms with Crippen LogP contribution in [-0.4, -0.2) is 16.8 Å². The largest absolute Gasteiger partial charge is 0.481 e. The number of carbonyl (C=O) groups is 1. The van der Waals surface area contributed by atoms with Gasteiger partial charge in [0.05, 0.1) is 5.41 Å². The summed E-state index contributed by atoms with van der Waals surface area (Å²) >= 11 is 1.87. The molecule has 2 rings (SSSR count). The Kier molecular flexibility index (Phi) is 3.48. The van der Waals surface area contributed by atoms with Gasteiger partial charge >= 0.3 is 5.97 Å². The van der Waals surface area contributed by atoms with E-state index in [4.69, 9.17) is 0 Å². The molecule has 1 aromatic carbocycles. The summed E-state index contributed by atoms with van der Waals surface area (Å²) in [6.07, 6.45) is 2.96. The van der Waals surface area contributed by atoms with E-state index in [1.807, 2.05) is 11.8 Å². The van der Waals surface area contributed by atoms with Gasteiger partial charge in [0, 0.05) is 4.90 Å². The predicted molar refractivity (Wildman–Crippen MR) is 70.6 cm³/mol. The molecular formula is C14H18O2S. The average Bonchev–Trinajstić information content (AvgIpc) is 2.29. The van der Waals surface area contributed by atoms with Crippen molar-refractivity contribution in [3.8, 4) is 0 Å². The van der Waals surface area contributed by atoms with Gasteiger partial charge in [-0.25, -0.2) is 0 Å². The Labute approximate surface area is 106 Å². The summed E-state index contributed by atoms with van der Waals surface area (Å²) in [5.74, 6) is 0.424. The van der Waals surface area contributed by atoms with Crippen LogP contribution in [0, 0.1) is 5.41 Å². The van der Waals surface area contributed by atoms with E-state index in [2.05, 4.69) is 18.2 Å². The van der Waals surface area contributed by atoms with Gasteiger partial charge in [-0.1, -0.05) is 18.2 Å². The van der Waals surface area contributed by atoms with Crippen molar-refractivity contribution in [3.63, 3.8) is 0 Å². The molecule has 17 heavy (non-hydrogen) atoms. The van der Waals surface area contributed by atoms with Crippen LogP contribution in [0.4, 0.5) is 0 Å². The minimum Gasteiger partial charge on any atom is -0.481 e. The maximum absolute atomic E-state index is 11.2. The summed E-state index contributed by atoms with van der Waals surface area (Å²) in [4.78, 5) is 12.5. The molecule has 1 aliphatic rings. The van der Waals surface area contributed by atoms with Crippen molar-refractivity contribution >= 4 is 17.7 Å². The Hall–Kier alpha value is -0.960. The fourth-order valence-corrected chi connectivity index (χ4v) is 3.32. The summed E-state index contributed by atoms with van der Waals surface area (Å²) in [6, 6.07) is 6.29. The van der Waals surface area contributed by atoms with Crippen molar-refractivity contribution in [3.05, 3.63) is 29.3 Å². The number of thioether (sulfide) groups is 1. The molecule has 0 bridgehead atoms. The van der Waals surface area contributed by atoms with Gasteiger partial charge in [0.1, 0.15) is 0 Å². The Bertz CT molecular complexity index is 438. The molecule has 1 heterocycles. The first kappa shape index (κ1) is 12.5. The van der Waals surface area contributed by atoms with Gasteiger partial charge in [-0.2, -0.15) is 0 Å². The predicted octanol–water partition coefficient (Wildman–Crippen LogP) is 3.38. The Morgan fingerprint density at radius 3 is 2.94 bits per heavy atom. The zero-order valence-corrected chi connectivity index (χ0v) is 11.1. The van der Waals surface area contributed by atoms with Crippen molar-refractivity contribution < 1.29 is 9.90 Å². The number of carboxylic acid groups (broad SMARTS) is 1. The number of aliphatic carboxylic acids is 1. The molecule has 0 amide bonds. The third kappa shape index (κ3) is 2.65. The SMILES string of the molecule is CC(C)(Cc1cccc2c1SCCC2)C(=O)O. The third-order valence-electron chi connectivity index (χ3n) is 3.23. The molecule has 92 valence electrons. The van der Waals surface area contributed by atoms with Crippen LogP contribution < -0.4 is 0 Å². The summed E-state index contributed by atoms with van der Waals surface area (Å²) in [5.41, 5.74) is 1.90. The second-order valence-electron chi connectivity index (χ2n) is 5.22. The van der Waals surface area contributed by atoms with Crippen molar-refractivity contribution in [2.45, 2.75) is 38.0 Å². The van der Waals surface area contributed by atoms with Crippen molar-refractivity contribution in [1.82, 2.24) is 0 Å². The summed E-state index contributed by atoms with van der Waals surface area (Å²) < 4.78 is 0. The fourth-order valence-electron chi connectivity index (χ4n) is 2.15. The molecule has 1 N–H and O–H groups in total. The first-order chi connectivity index (χ1) is 8.00. The lowest BCUT2D eigenvalue weighted by Gasteiger charge is -2.24. The number of benzene rings is 1. The maximum Gasteiger partial charge on any atom is 0.309 e. The molecule has 1 aromatic rings. The second-order valence-corrected chi connectivity index (χ2v) is 6.33. The first-order valence-corrected chi connectivity index (χ1v) is 6.96. The van der Waals surface area contributed by atoms with E-state index in [0.717, 1.165) is 12.2 Å². The van der Waals surface area contributed by atoms with E-state index >= 15 is 0 Å². The van der Waals surface area contributed by atoms with Gasteiger partial charge in [-0.15, -0.1) is 11.8 Å². The number of fused-ring (bicyclic) bond motifs is 1. The standard InChI is InChI=1S/C14H18O2S/c1-14(2,13(15)16)9-11-6-3-5-10-7-4-8-17-12(10)11/h3,5-6H,4,7-9H2,1-2H3,(H,15,16). The molecular weight excluding hydrogens is 232 g/mol. The summed E-state index contributed by atoms with van der Waals surface area (Å²) in [6.45, 7) is 3.59. The number of aryl methyl sites for hydroxylation is 1. The Morgan fingerprint density at radius 1 is 1.47 bits per heavy atom. The summed E-state index contributed by atoms with van der Waals surface area (Å²) in [5, 5.41) is 9.20. The van der Waals surface area contributed by atoms with Crippen LogP contribution in [-0.2, 0) is 17.6 Å². The highest BCUT2D eigenvalue weighted by Gasteiger charge is 2.29. The van der Waals surface area contributed by atoms with E-state index in [1.165, 1.54) is 22.4 Å². The topological polar surface area (TPSA) is 37.3 Å². The average molecular weight is 250 g/mol. The normalized spacial score (nSPS) is 15.4. The van der Waals surface area contributed by atoms with Gasteiger partial charge in [0.15, 0.2) is 0 Å². The third-order valence-corrected chi connectivity index (χ3v) is 4.53. The molecule has 0 fully saturated rings. The molecule has 0 atom stereocenters. The molecule has 2 nitrogen and oxygen atoms in total. The van der Waals surface area contributed by atoms with Crippen LogP contribution in [0.3, 0.4) is 0 Å². The highest BCUT2D eigenvalue weighted by molar-refractivity contribution is 7.99. The lowest BCUT2D eigenvalue weighted by molar-refractivity contribution is -0.146. The van der Waals surface area contributed by atoms with E-state index in [0.29, 0.717) is 6.42 Å². The number of hydrogen-bond acceptors (Lipinski definition) is 2. The van der Waals surface area contributed by atoms with Crippen LogP contribution >= 0.6 is 11.8 Å². The quantitative estimate of drug-likeness (QED) is 0.893. The molecule has 0 aliphatic carbocycles. The molecule has 1 aliphatic heterocycles. The molecule has 3 heteroatoms. The molecule has 0 unspecified atom stereocenters. The van der Waals surface area contributed by atoms with E-state index in [1.54, 1.807) is 13.8 Å². The van der Waals surface area contributed by atoms with E-state index in [-0.39, 0.29) is 0 Å². The molecule has 0 radical (unpaired) electrons. The van der Waals surface area contributed by atoms with Gasteiger partial charge in [0.25, 0.3) is 0 Å². The monoisotopic (exact) mass is 250 g/mol. The minimum atomic E-state index is -0.726. The minimum absolute atomic E-state index is 0.610. The van der Waals surface area contributed by atoms with Crippen LogP contribution in [0.25, 0.3) is 0 Å². The number of carboxylic acids is 1. The van der Waals surface area contributed by atoms with Crippen molar-refractivity contribution in [2.24, 2.45) is 5.41 Å². The highest BCUT2D eigenvalue weighted by atomic mass is 32.2. The van der Waals surface area contributed by atoms with Crippen LogP contribution in [0.1, 0.15) is 31.4 Å². The van der Waals surface area contributed by atoms with Crippen LogP contribution in [0.15, 0.2) is 23.1 Å². The lowest BCUT2D eigenvalue weighted by Crippen LogP contribution is -2.26. The molecule has 0 spiro atoms. The van der Waals surface area contributed by atoms with E-state index < -0.39 is 11.4 Å². The first-order valence-electron chi connectivity index (χ1n) is 5.98. The smallest absolute Gasteiger partial charge is 0.309 e.